The molecule has 7 nitrogen and oxygen atoms in total. The molecule has 0 aliphatic carbocycles. The summed E-state index contributed by atoms with van der Waals surface area (Å²) in [5, 5.41) is 11.7. The Hall–Kier alpha value is -2.83. The summed E-state index contributed by atoms with van der Waals surface area (Å²) >= 11 is 0. The van der Waals surface area contributed by atoms with Gasteiger partial charge in [-0.3, -0.25) is 9.78 Å². The predicted octanol–water partition coefficient (Wildman–Crippen LogP) is 0.373. The molecule has 1 aromatic heterocycles. The molecule has 0 saturated heterocycles. The molecule has 0 radical (unpaired) electrons. The van der Waals surface area contributed by atoms with Gasteiger partial charge in [-0.1, -0.05) is 0 Å². The van der Waals surface area contributed by atoms with Gasteiger partial charge in [-0.25, -0.2) is 9.59 Å². The van der Waals surface area contributed by atoms with Crippen LogP contribution in [0.4, 0.5) is 5.69 Å². The van der Waals surface area contributed by atoms with Crippen molar-refractivity contribution in [3.8, 4) is 0 Å². The molecule has 2 aromatic rings. The molecular weight excluding hydrogens is 250 g/mol. The largest absolute Gasteiger partial charge is 0.478 e. The average Bonchev–Trinajstić information content (AvgIpc) is 2.38. The molecule has 0 spiro atoms. The molecule has 0 amide bonds. The maximum Gasteiger partial charge on any atom is 0.335 e. The second kappa shape index (κ2) is 5.21. The van der Waals surface area contributed by atoms with Crippen LogP contribution in [-0.2, 0) is 6.54 Å². The monoisotopic (exact) mass is 261 g/mol. The minimum Gasteiger partial charge on any atom is -0.478 e. The summed E-state index contributed by atoms with van der Waals surface area (Å²) < 4.78 is 0. The van der Waals surface area contributed by atoms with Gasteiger partial charge in [0.2, 0.25) is 0 Å². The van der Waals surface area contributed by atoms with Crippen LogP contribution in [-0.4, -0.2) is 21.0 Å². The van der Waals surface area contributed by atoms with E-state index in [9.17, 15) is 14.4 Å². The minimum absolute atomic E-state index is 0.187. The number of aromatic amines is 2. The fraction of sp³-hybridized carbons (Fsp3) is 0.0833. The van der Waals surface area contributed by atoms with Crippen LogP contribution >= 0.6 is 0 Å². The van der Waals surface area contributed by atoms with Gasteiger partial charge in [0.15, 0.2) is 0 Å². The van der Waals surface area contributed by atoms with E-state index in [4.69, 9.17) is 5.11 Å². The van der Waals surface area contributed by atoms with Gasteiger partial charge < -0.3 is 15.4 Å². The van der Waals surface area contributed by atoms with Gasteiger partial charge in [0.25, 0.3) is 5.56 Å². The Morgan fingerprint density at radius 1 is 1.21 bits per heavy atom. The molecule has 0 fully saturated rings. The van der Waals surface area contributed by atoms with Crippen LogP contribution in [0, 0.1) is 0 Å². The zero-order valence-electron chi connectivity index (χ0n) is 9.77. The third-order valence-corrected chi connectivity index (χ3v) is 2.51. The Kier molecular flexibility index (Phi) is 3.46. The minimum atomic E-state index is -0.997. The molecule has 2 rings (SSSR count). The number of rotatable bonds is 4. The van der Waals surface area contributed by atoms with Crippen molar-refractivity contribution in [2.24, 2.45) is 0 Å². The van der Waals surface area contributed by atoms with Crippen LogP contribution in [0.25, 0.3) is 0 Å². The molecule has 98 valence electrons. The lowest BCUT2D eigenvalue weighted by Gasteiger charge is -2.05. The summed E-state index contributed by atoms with van der Waals surface area (Å²) in [5.74, 6) is -0.997. The summed E-state index contributed by atoms with van der Waals surface area (Å²) in [7, 11) is 0. The Bertz CT molecular complexity index is 700. The van der Waals surface area contributed by atoms with E-state index in [0.717, 1.165) is 0 Å². The van der Waals surface area contributed by atoms with Crippen molar-refractivity contribution in [3.63, 3.8) is 0 Å². The van der Waals surface area contributed by atoms with Gasteiger partial charge in [0.05, 0.1) is 11.1 Å². The lowest BCUT2D eigenvalue weighted by Crippen LogP contribution is -2.25. The average molecular weight is 261 g/mol. The number of anilines is 1. The number of benzene rings is 1. The van der Waals surface area contributed by atoms with Crippen molar-refractivity contribution in [1.29, 1.82) is 0 Å². The first-order valence-electron chi connectivity index (χ1n) is 5.44. The highest BCUT2D eigenvalue weighted by molar-refractivity contribution is 5.87. The third-order valence-electron chi connectivity index (χ3n) is 2.51. The van der Waals surface area contributed by atoms with E-state index >= 15 is 0 Å². The Morgan fingerprint density at radius 2 is 1.89 bits per heavy atom. The first-order valence-corrected chi connectivity index (χ1v) is 5.44. The normalized spacial score (nSPS) is 10.1. The molecule has 4 N–H and O–H groups in total. The van der Waals surface area contributed by atoms with Gasteiger partial charge in [-0.15, -0.1) is 0 Å². The van der Waals surface area contributed by atoms with E-state index in [1.165, 1.54) is 18.3 Å². The van der Waals surface area contributed by atoms with Crippen molar-refractivity contribution in [2.45, 2.75) is 6.54 Å². The summed E-state index contributed by atoms with van der Waals surface area (Å²) in [6.45, 7) is 0.221. The van der Waals surface area contributed by atoms with E-state index < -0.39 is 17.2 Å². The molecule has 0 aliphatic heterocycles. The quantitative estimate of drug-likeness (QED) is 0.635. The number of carboxylic acid groups (broad SMARTS) is 1. The van der Waals surface area contributed by atoms with Crippen LogP contribution in [0.15, 0.2) is 40.1 Å². The molecule has 1 aromatic carbocycles. The highest BCUT2D eigenvalue weighted by Gasteiger charge is 2.03. The number of hydrogen-bond acceptors (Lipinski definition) is 4. The number of aromatic nitrogens is 2. The predicted molar refractivity (Wildman–Crippen MR) is 68.4 cm³/mol. The second-order valence-corrected chi connectivity index (χ2v) is 3.83. The number of aromatic carboxylic acids is 1. The smallest absolute Gasteiger partial charge is 0.335 e. The fourth-order valence-electron chi connectivity index (χ4n) is 1.50. The van der Waals surface area contributed by atoms with Crippen LogP contribution in [0.1, 0.15) is 15.9 Å². The van der Waals surface area contributed by atoms with Crippen LogP contribution in [0.5, 0.6) is 0 Å². The number of nitrogens with one attached hydrogen (secondary N) is 3. The molecule has 19 heavy (non-hydrogen) atoms. The topological polar surface area (TPSA) is 115 Å². The zero-order chi connectivity index (χ0) is 13.8. The molecule has 0 saturated carbocycles. The van der Waals surface area contributed by atoms with E-state index in [2.05, 4.69) is 15.3 Å². The van der Waals surface area contributed by atoms with Crippen LogP contribution in [0.2, 0.25) is 0 Å². The first-order chi connectivity index (χ1) is 9.06. The maximum atomic E-state index is 11.4. The summed E-state index contributed by atoms with van der Waals surface area (Å²) in [4.78, 5) is 37.4. The third kappa shape index (κ3) is 3.09. The molecule has 0 aliphatic rings. The molecule has 0 atom stereocenters. The molecule has 7 heteroatoms. The van der Waals surface area contributed by atoms with Gasteiger partial charge >= 0.3 is 11.7 Å². The van der Waals surface area contributed by atoms with Crippen molar-refractivity contribution in [2.75, 3.05) is 5.32 Å². The lowest BCUT2D eigenvalue weighted by atomic mass is 10.2. The summed E-state index contributed by atoms with van der Waals surface area (Å²) in [5.41, 5.74) is 0.225. The van der Waals surface area contributed by atoms with Crippen LogP contribution in [0.3, 0.4) is 0 Å². The van der Waals surface area contributed by atoms with Crippen molar-refractivity contribution in [1.82, 2.24) is 9.97 Å². The van der Waals surface area contributed by atoms with Gasteiger partial charge in [-0.2, -0.15) is 0 Å². The van der Waals surface area contributed by atoms with E-state index in [1.54, 1.807) is 12.1 Å². The van der Waals surface area contributed by atoms with Crippen molar-refractivity contribution < 1.29 is 9.90 Å². The first kappa shape index (κ1) is 12.6. The van der Waals surface area contributed by atoms with Gasteiger partial charge in [-0.05, 0) is 24.3 Å². The maximum absolute atomic E-state index is 11.4. The molecule has 0 bridgehead atoms. The molecule has 0 unspecified atom stereocenters. The van der Waals surface area contributed by atoms with Crippen LogP contribution < -0.4 is 16.6 Å². The number of H-pyrrole nitrogens is 2. The SMILES string of the molecule is O=C(O)c1ccc(NCc2c[nH]c(=O)[nH]c2=O)cc1. The number of carbonyl (C=O) groups is 1. The number of hydrogen-bond donors (Lipinski definition) is 4. The highest BCUT2D eigenvalue weighted by atomic mass is 16.4. The molecular formula is C12H11N3O4. The standard InChI is InChI=1S/C12H11N3O4/c16-10-8(6-14-12(19)15-10)5-13-9-3-1-7(2-4-9)11(17)18/h1-4,6,13H,5H2,(H,17,18)(H2,14,15,16,19). The Balaban J connectivity index is 2.08. The summed E-state index contributed by atoms with van der Waals surface area (Å²) in [6.07, 6.45) is 1.33. The van der Waals surface area contributed by atoms with Gasteiger partial charge in [0.1, 0.15) is 0 Å². The van der Waals surface area contributed by atoms with Crippen molar-refractivity contribution >= 4 is 11.7 Å². The summed E-state index contributed by atoms with van der Waals surface area (Å²) in [6, 6.07) is 6.12. The second-order valence-electron chi connectivity index (χ2n) is 3.83. The van der Waals surface area contributed by atoms with E-state index in [1.807, 2.05) is 0 Å². The molecule has 1 heterocycles. The lowest BCUT2D eigenvalue weighted by molar-refractivity contribution is 0.0697. The highest BCUT2D eigenvalue weighted by Crippen LogP contribution is 2.10. The number of carboxylic acids is 1. The van der Waals surface area contributed by atoms with Crippen molar-refractivity contribution in [3.05, 3.63) is 62.4 Å². The zero-order valence-corrected chi connectivity index (χ0v) is 9.77. The Labute approximate surface area is 106 Å². The fourth-order valence-corrected chi connectivity index (χ4v) is 1.50. The van der Waals surface area contributed by atoms with E-state index in [0.29, 0.717) is 11.3 Å². The Morgan fingerprint density at radius 3 is 2.47 bits per heavy atom. The van der Waals surface area contributed by atoms with Gasteiger partial charge in [0, 0.05) is 18.4 Å². The van der Waals surface area contributed by atoms with E-state index in [-0.39, 0.29) is 12.1 Å².